The minimum Gasteiger partial charge on any atom is -0.396 e. The number of aliphatic hydroxyl groups excluding tert-OH is 1. The van der Waals surface area contributed by atoms with E-state index in [0.717, 1.165) is 16.8 Å². The molecule has 15 heavy (non-hydrogen) atoms. The van der Waals surface area contributed by atoms with Crippen molar-refractivity contribution in [1.82, 2.24) is 0 Å². The third-order valence-corrected chi connectivity index (χ3v) is 2.37. The van der Waals surface area contributed by atoms with E-state index in [4.69, 9.17) is 5.11 Å². The second kappa shape index (κ2) is 4.28. The van der Waals surface area contributed by atoms with Gasteiger partial charge in [-0.2, -0.15) is 0 Å². The summed E-state index contributed by atoms with van der Waals surface area (Å²) in [5, 5.41) is 11.4. The molecular weight excluding hydrogens is 190 g/mol. The first-order chi connectivity index (χ1) is 7.29. The van der Waals surface area contributed by atoms with E-state index in [2.05, 4.69) is 5.32 Å². The summed E-state index contributed by atoms with van der Waals surface area (Å²) in [4.78, 5) is 11.1. The Hall–Kier alpha value is -1.61. The fourth-order valence-corrected chi connectivity index (χ4v) is 1.63. The van der Waals surface area contributed by atoms with Crippen LogP contribution < -0.4 is 5.32 Å². The van der Waals surface area contributed by atoms with Crippen LogP contribution in [0.3, 0.4) is 0 Å². The second-order valence-corrected chi connectivity index (χ2v) is 3.56. The van der Waals surface area contributed by atoms with Crippen LogP contribution in [0.1, 0.15) is 17.5 Å². The molecule has 0 saturated carbocycles. The highest BCUT2D eigenvalue weighted by Gasteiger charge is 2.16. The molecule has 0 aliphatic carbocycles. The minimum absolute atomic E-state index is 0.0569. The number of hydrogen-bond donors (Lipinski definition) is 2. The van der Waals surface area contributed by atoms with Crippen LogP contribution >= 0.6 is 0 Å². The topological polar surface area (TPSA) is 49.3 Å². The predicted molar refractivity (Wildman–Crippen MR) is 59.5 cm³/mol. The van der Waals surface area contributed by atoms with Crippen molar-refractivity contribution in [2.24, 2.45) is 0 Å². The highest BCUT2D eigenvalue weighted by Crippen LogP contribution is 2.24. The Balaban J connectivity index is 2.16. The molecule has 3 heteroatoms. The van der Waals surface area contributed by atoms with Crippen LogP contribution in [-0.2, 0) is 11.2 Å². The van der Waals surface area contributed by atoms with Gasteiger partial charge in [-0.15, -0.1) is 0 Å². The van der Waals surface area contributed by atoms with Crippen molar-refractivity contribution < 1.29 is 9.90 Å². The van der Waals surface area contributed by atoms with Crippen molar-refractivity contribution in [3.8, 4) is 0 Å². The van der Waals surface area contributed by atoms with Gasteiger partial charge >= 0.3 is 0 Å². The Morgan fingerprint density at radius 2 is 2.33 bits per heavy atom. The molecule has 1 aromatic carbocycles. The molecule has 2 rings (SSSR count). The molecule has 0 saturated heterocycles. The molecular formula is C12H13NO2. The van der Waals surface area contributed by atoms with E-state index in [0.29, 0.717) is 12.8 Å². The Bertz CT molecular complexity index is 410. The smallest absolute Gasteiger partial charge is 0.228 e. The zero-order valence-corrected chi connectivity index (χ0v) is 8.36. The molecule has 3 nitrogen and oxygen atoms in total. The van der Waals surface area contributed by atoms with E-state index < -0.39 is 0 Å². The Morgan fingerprint density at radius 1 is 1.47 bits per heavy atom. The summed E-state index contributed by atoms with van der Waals surface area (Å²) in [5.74, 6) is 0.0569. The van der Waals surface area contributed by atoms with Crippen LogP contribution in [-0.4, -0.2) is 17.6 Å². The van der Waals surface area contributed by atoms with E-state index in [1.54, 1.807) is 0 Å². The van der Waals surface area contributed by atoms with Gasteiger partial charge in [0, 0.05) is 12.3 Å². The van der Waals surface area contributed by atoms with E-state index in [1.165, 1.54) is 0 Å². The second-order valence-electron chi connectivity index (χ2n) is 3.56. The van der Waals surface area contributed by atoms with Crippen LogP contribution in [0, 0.1) is 0 Å². The van der Waals surface area contributed by atoms with Gasteiger partial charge in [-0.25, -0.2) is 0 Å². The van der Waals surface area contributed by atoms with Crippen molar-refractivity contribution in [1.29, 1.82) is 0 Å². The van der Waals surface area contributed by atoms with Crippen LogP contribution in [0.4, 0.5) is 5.69 Å². The SMILES string of the molecule is O=C1Cc2ccc(C=CCCO)cc2N1. The molecule has 1 aromatic rings. The van der Waals surface area contributed by atoms with Crippen LogP contribution in [0.5, 0.6) is 0 Å². The summed E-state index contributed by atoms with van der Waals surface area (Å²) >= 11 is 0. The number of carbonyl (C=O) groups excluding carboxylic acids is 1. The Kier molecular flexibility index (Phi) is 2.83. The predicted octanol–water partition coefficient (Wildman–Crippen LogP) is 1.58. The van der Waals surface area contributed by atoms with Gasteiger partial charge in [-0.05, 0) is 23.6 Å². The van der Waals surface area contributed by atoms with Crippen molar-refractivity contribution in [3.63, 3.8) is 0 Å². The average molecular weight is 203 g/mol. The summed E-state index contributed by atoms with van der Waals surface area (Å²) in [7, 11) is 0. The maximum absolute atomic E-state index is 11.1. The molecule has 0 radical (unpaired) electrons. The highest BCUT2D eigenvalue weighted by molar-refractivity contribution is 5.99. The fourth-order valence-electron chi connectivity index (χ4n) is 1.63. The highest BCUT2D eigenvalue weighted by atomic mass is 16.2. The number of benzene rings is 1. The Labute approximate surface area is 88.4 Å². The molecule has 0 aromatic heterocycles. The van der Waals surface area contributed by atoms with Gasteiger partial charge in [0.25, 0.3) is 0 Å². The molecule has 1 aliphatic heterocycles. The number of nitrogens with one attached hydrogen (secondary N) is 1. The minimum atomic E-state index is 0.0569. The molecule has 1 amide bonds. The molecule has 1 aliphatic rings. The van der Waals surface area contributed by atoms with Crippen molar-refractivity contribution in [3.05, 3.63) is 35.4 Å². The summed E-state index contributed by atoms with van der Waals surface area (Å²) in [6.45, 7) is 0.165. The molecule has 0 unspecified atom stereocenters. The quantitative estimate of drug-likeness (QED) is 0.783. The number of anilines is 1. The zero-order valence-electron chi connectivity index (χ0n) is 8.36. The van der Waals surface area contributed by atoms with Crippen molar-refractivity contribution >= 4 is 17.7 Å². The lowest BCUT2D eigenvalue weighted by Crippen LogP contribution is -2.03. The van der Waals surface area contributed by atoms with Crippen LogP contribution in [0.2, 0.25) is 0 Å². The molecule has 1 heterocycles. The van der Waals surface area contributed by atoms with Gasteiger partial charge in [0.15, 0.2) is 0 Å². The first-order valence-corrected chi connectivity index (χ1v) is 5.00. The molecule has 2 N–H and O–H groups in total. The third-order valence-electron chi connectivity index (χ3n) is 2.37. The zero-order chi connectivity index (χ0) is 10.7. The number of aliphatic hydroxyl groups is 1. The van der Waals surface area contributed by atoms with E-state index in [-0.39, 0.29) is 12.5 Å². The van der Waals surface area contributed by atoms with Crippen LogP contribution in [0.25, 0.3) is 6.08 Å². The van der Waals surface area contributed by atoms with Gasteiger partial charge in [0.1, 0.15) is 0 Å². The lowest BCUT2D eigenvalue weighted by atomic mass is 10.1. The standard InChI is InChI=1S/C12H13NO2/c14-6-2-1-3-9-4-5-10-8-12(15)13-11(10)7-9/h1,3-5,7,14H,2,6,8H2,(H,13,15). The summed E-state index contributed by atoms with van der Waals surface area (Å²) < 4.78 is 0. The van der Waals surface area contributed by atoms with Gasteiger partial charge in [-0.3, -0.25) is 4.79 Å². The lowest BCUT2D eigenvalue weighted by Gasteiger charge is -1.99. The summed E-state index contributed by atoms with van der Waals surface area (Å²) in [6.07, 6.45) is 5.00. The molecule has 0 atom stereocenters. The van der Waals surface area contributed by atoms with Crippen molar-refractivity contribution in [2.45, 2.75) is 12.8 Å². The van der Waals surface area contributed by atoms with Gasteiger partial charge in [0.2, 0.25) is 5.91 Å². The van der Waals surface area contributed by atoms with Gasteiger partial charge in [0.05, 0.1) is 6.42 Å². The first-order valence-electron chi connectivity index (χ1n) is 5.00. The number of amides is 1. The molecule has 0 fully saturated rings. The normalized spacial score (nSPS) is 14.3. The summed E-state index contributed by atoms with van der Waals surface area (Å²) in [5.41, 5.74) is 3.01. The average Bonchev–Trinajstić information content (AvgIpc) is 2.57. The molecule has 78 valence electrons. The van der Waals surface area contributed by atoms with Crippen LogP contribution in [0.15, 0.2) is 24.3 Å². The largest absolute Gasteiger partial charge is 0.396 e. The number of rotatable bonds is 3. The van der Waals surface area contributed by atoms with E-state index in [9.17, 15) is 4.79 Å². The van der Waals surface area contributed by atoms with E-state index in [1.807, 2.05) is 30.4 Å². The number of carbonyl (C=O) groups is 1. The van der Waals surface area contributed by atoms with Gasteiger partial charge in [-0.1, -0.05) is 24.3 Å². The monoisotopic (exact) mass is 203 g/mol. The van der Waals surface area contributed by atoms with Gasteiger partial charge < -0.3 is 10.4 Å². The number of fused-ring (bicyclic) bond motifs is 1. The molecule has 0 spiro atoms. The lowest BCUT2D eigenvalue weighted by molar-refractivity contribution is -0.115. The molecule has 0 bridgehead atoms. The first kappa shape index (κ1) is 9.93. The summed E-state index contributed by atoms with van der Waals surface area (Å²) in [6, 6.07) is 5.90. The maximum Gasteiger partial charge on any atom is 0.228 e. The number of hydrogen-bond acceptors (Lipinski definition) is 2. The maximum atomic E-state index is 11.1. The third kappa shape index (κ3) is 2.25. The van der Waals surface area contributed by atoms with Crippen molar-refractivity contribution in [2.75, 3.05) is 11.9 Å². The van der Waals surface area contributed by atoms with E-state index >= 15 is 0 Å². The Morgan fingerprint density at radius 3 is 3.13 bits per heavy atom. The fraction of sp³-hybridized carbons (Fsp3) is 0.250.